The Morgan fingerprint density at radius 2 is 1.43 bits per heavy atom. The van der Waals surface area contributed by atoms with E-state index in [2.05, 4.69) is 0 Å². The first kappa shape index (κ1) is 19.1. The largest absolute Gasteiger partial charge is 0.397 e. The van der Waals surface area contributed by atoms with Gasteiger partial charge in [0.2, 0.25) is 0 Å². The molecule has 14 heavy (non-hydrogen) atoms. The van der Waals surface area contributed by atoms with Gasteiger partial charge in [-0.1, -0.05) is 0 Å². The van der Waals surface area contributed by atoms with Gasteiger partial charge in [-0.3, -0.25) is 0 Å². The van der Waals surface area contributed by atoms with Crippen molar-refractivity contribution in [2.45, 2.75) is 0 Å². The third kappa shape index (κ3) is 4.65. The number of benzene rings is 1. The molecule has 0 aromatic heterocycles. The van der Waals surface area contributed by atoms with E-state index in [1.165, 1.54) is 0 Å². The summed E-state index contributed by atoms with van der Waals surface area (Å²) in [6.07, 6.45) is 0. The number of nitrogens with two attached hydrogens (primary N) is 2. The van der Waals surface area contributed by atoms with Crippen molar-refractivity contribution in [3.63, 3.8) is 0 Å². The Balaban J connectivity index is -0.000000403. The monoisotopic (exact) mass is 259 g/mol. The smallest absolute Gasteiger partial charge is 0.0568 e. The number of hydrogen-bond acceptors (Lipinski definition) is 3. The summed E-state index contributed by atoms with van der Waals surface area (Å²) in [6.45, 7) is 0. The molecule has 84 valence electrons. The highest BCUT2D eigenvalue weighted by atomic mass is 35.5. The average Bonchev–Trinajstić information content (AvgIpc) is 1.94. The summed E-state index contributed by atoms with van der Waals surface area (Å²) in [7, 11) is 3.93. The van der Waals surface area contributed by atoms with Crippen LogP contribution in [-0.2, 0) is 0 Å². The number of nitrogen functional groups attached to an aromatic ring is 2. The molecule has 4 N–H and O–H groups in total. The molecular weight excluding hydrogens is 244 g/mol. The molecule has 0 saturated heterocycles. The van der Waals surface area contributed by atoms with E-state index in [4.69, 9.17) is 11.5 Å². The third-order valence-electron chi connectivity index (χ3n) is 1.59. The summed E-state index contributed by atoms with van der Waals surface area (Å²) in [4.78, 5) is 1.98. The molecule has 0 unspecified atom stereocenters. The van der Waals surface area contributed by atoms with Crippen molar-refractivity contribution in [2.24, 2.45) is 0 Å². The molecule has 0 aliphatic heterocycles. The second-order valence-corrected chi connectivity index (χ2v) is 2.71. The zero-order valence-corrected chi connectivity index (χ0v) is 10.5. The molecule has 0 heterocycles. The van der Waals surface area contributed by atoms with Crippen LogP contribution in [0.3, 0.4) is 0 Å². The van der Waals surface area contributed by atoms with Gasteiger partial charge in [0.05, 0.1) is 11.4 Å². The molecule has 0 fully saturated rings. The Labute approximate surface area is 103 Å². The summed E-state index contributed by atoms with van der Waals surface area (Å²) in [5.41, 5.74) is 13.5. The Kier molecular flexibility index (Phi) is 10.7. The molecule has 0 amide bonds. The fourth-order valence-corrected chi connectivity index (χ4v) is 0.840. The minimum Gasteiger partial charge on any atom is -0.397 e. The maximum atomic E-state index is 5.61. The van der Waals surface area contributed by atoms with Gasteiger partial charge in [-0.15, -0.1) is 37.2 Å². The zero-order chi connectivity index (χ0) is 8.43. The summed E-state index contributed by atoms with van der Waals surface area (Å²) in [6, 6.07) is 5.60. The molecule has 0 radical (unpaired) electrons. The molecule has 1 rings (SSSR count). The number of nitrogens with zero attached hydrogens (tertiary/aromatic N) is 1. The average molecular weight is 261 g/mol. The number of hydrogen-bond donors (Lipinski definition) is 2. The molecule has 0 bridgehead atoms. The first-order valence-corrected chi connectivity index (χ1v) is 3.43. The van der Waals surface area contributed by atoms with Crippen LogP contribution >= 0.6 is 37.2 Å². The van der Waals surface area contributed by atoms with Gasteiger partial charge >= 0.3 is 0 Å². The molecule has 6 heteroatoms. The highest BCUT2D eigenvalue weighted by Gasteiger charge is 1.97. The minimum absolute atomic E-state index is 0. The van der Waals surface area contributed by atoms with Crippen LogP contribution in [0.2, 0.25) is 0 Å². The van der Waals surface area contributed by atoms with E-state index in [0.717, 1.165) is 5.69 Å². The summed E-state index contributed by atoms with van der Waals surface area (Å²) in [5, 5.41) is 0. The second kappa shape index (κ2) is 7.85. The zero-order valence-electron chi connectivity index (χ0n) is 8.06. The lowest BCUT2D eigenvalue weighted by Crippen LogP contribution is -2.09. The SMILES string of the molecule is CN(C)c1ccc(N)c(N)c1.Cl.Cl.Cl. The predicted molar refractivity (Wildman–Crippen MR) is 71.3 cm³/mol. The van der Waals surface area contributed by atoms with Crippen molar-refractivity contribution in [3.05, 3.63) is 18.2 Å². The summed E-state index contributed by atoms with van der Waals surface area (Å²) < 4.78 is 0. The maximum absolute atomic E-state index is 5.61. The molecule has 0 saturated carbocycles. The first-order chi connectivity index (χ1) is 5.11. The molecule has 1 aromatic rings. The number of rotatable bonds is 1. The van der Waals surface area contributed by atoms with Crippen molar-refractivity contribution in [1.29, 1.82) is 0 Å². The van der Waals surface area contributed by atoms with E-state index < -0.39 is 0 Å². The quantitative estimate of drug-likeness (QED) is 0.761. The fourth-order valence-electron chi connectivity index (χ4n) is 0.840. The number of halogens is 3. The van der Waals surface area contributed by atoms with Crippen LogP contribution in [0.1, 0.15) is 0 Å². The topological polar surface area (TPSA) is 55.3 Å². The minimum atomic E-state index is 0. The van der Waals surface area contributed by atoms with Crippen LogP contribution in [0, 0.1) is 0 Å². The van der Waals surface area contributed by atoms with Gasteiger partial charge in [0.15, 0.2) is 0 Å². The van der Waals surface area contributed by atoms with E-state index in [-0.39, 0.29) is 37.2 Å². The molecule has 0 atom stereocenters. The van der Waals surface area contributed by atoms with Gasteiger partial charge in [0.1, 0.15) is 0 Å². The number of anilines is 3. The third-order valence-corrected chi connectivity index (χ3v) is 1.59. The van der Waals surface area contributed by atoms with Gasteiger partial charge in [-0.05, 0) is 18.2 Å². The van der Waals surface area contributed by atoms with E-state index in [9.17, 15) is 0 Å². The van der Waals surface area contributed by atoms with Crippen molar-refractivity contribution in [2.75, 3.05) is 30.5 Å². The van der Waals surface area contributed by atoms with Gasteiger partial charge in [-0.2, -0.15) is 0 Å². The lowest BCUT2D eigenvalue weighted by molar-refractivity contribution is 1.13. The Bertz CT molecular complexity index is 266. The van der Waals surface area contributed by atoms with Crippen LogP contribution in [0.25, 0.3) is 0 Å². The van der Waals surface area contributed by atoms with Crippen molar-refractivity contribution < 1.29 is 0 Å². The fraction of sp³-hybridized carbons (Fsp3) is 0.250. The van der Waals surface area contributed by atoms with E-state index in [0.29, 0.717) is 11.4 Å². The van der Waals surface area contributed by atoms with Crippen LogP contribution < -0.4 is 16.4 Å². The van der Waals surface area contributed by atoms with E-state index >= 15 is 0 Å². The lowest BCUT2D eigenvalue weighted by Gasteiger charge is -2.13. The van der Waals surface area contributed by atoms with Gasteiger partial charge in [0.25, 0.3) is 0 Å². The predicted octanol–water partition coefficient (Wildman–Crippen LogP) is 2.18. The highest BCUT2D eigenvalue weighted by Crippen LogP contribution is 2.20. The molecule has 3 nitrogen and oxygen atoms in total. The van der Waals surface area contributed by atoms with Crippen LogP contribution in [0.15, 0.2) is 18.2 Å². The Morgan fingerprint density at radius 1 is 0.929 bits per heavy atom. The van der Waals surface area contributed by atoms with E-state index in [1.54, 1.807) is 0 Å². The lowest BCUT2D eigenvalue weighted by atomic mass is 10.2. The Hall–Kier alpha value is -0.510. The first-order valence-electron chi connectivity index (χ1n) is 3.43. The van der Waals surface area contributed by atoms with Gasteiger partial charge in [0, 0.05) is 19.8 Å². The molecule has 0 aliphatic carbocycles. The molecule has 1 aromatic carbocycles. The van der Waals surface area contributed by atoms with Crippen molar-refractivity contribution in [1.82, 2.24) is 0 Å². The van der Waals surface area contributed by atoms with Crippen LogP contribution in [0.5, 0.6) is 0 Å². The van der Waals surface area contributed by atoms with Gasteiger partial charge < -0.3 is 16.4 Å². The summed E-state index contributed by atoms with van der Waals surface area (Å²) in [5.74, 6) is 0. The van der Waals surface area contributed by atoms with Crippen LogP contribution in [0.4, 0.5) is 17.1 Å². The molecular formula is C8H16Cl3N3. The maximum Gasteiger partial charge on any atom is 0.0568 e. The van der Waals surface area contributed by atoms with E-state index in [1.807, 2.05) is 37.2 Å². The molecule has 0 spiro atoms. The van der Waals surface area contributed by atoms with Crippen molar-refractivity contribution in [3.8, 4) is 0 Å². The normalized spacial score (nSPS) is 7.57. The molecule has 0 aliphatic rings. The highest BCUT2D eigenvalue weighted by molar-refractivity contribution is 5.86. The second-order valence-electron chi connectivity index (χ2n) is 2.71. The Morgan fingerprint density at radius 3 is 1.79 bits per heavy atom. The summed E-state index contributed by atoms with van der Waals surface area (Å²) >= 11 is 0. The van der Waals surface area contributed by atoms with Crippen LogP contribution in [-0.4, -0.2) is 14.1 Å². The van der Waals surface area contributed by atoms with Crippen molar-refractivity contribution >= 4 is 54.3 Å². The van der Waals surface area contributed by atoms with Gasteiger partial charge in [-0.25, -0.2) is 0 Å². The standard InChI is InChI=1S/C8H13N3.3ClH/c1-11(2)6-3-4-7(9)8(10)5-6;;;/h3-5H,9-10H2,1-2H3;3*1H.